The van der Waals surface area contributed by atoms with Crippen molar-refractivity contribution in [1.29, 1.82) is 0 Å². The fourth-order valence-electron chi connectivity index (χ4n) is 4.63. The molecule has 1 aromatic heterocycles. The highest BCUT2D eigenvalue weighted by molar-refractivity contribution is 5.81. The van der Waals surface area contributed by atoms with Crippen LogP contribution in [0.4, 0.5) is 11.6 Å². The lowest BCUT2D eigenvalue weighted by atomic mass is 9.83. The Morgan fingerprint density at radius 3 is 1.93 bits per heavy atom. The summed E-state index contributed by atoms with van der Waals surface area (Å²) in [6.07, 6.45) is 4.96. The van der Waals surface area contributed by atoms with E-state index >= 15 is 0 Å². The van der Waals surface area contributed by atoms with Gasteiger partial charge in [-0.25, -0.2) is 4.98 Å². The first-order valence-electron chi connectivity index (χ1n) is 11.3. The third-order valence-corrected chi connectivity index (χ3v) is 5.55. The van der Waals surface area contributed by atoms with Crippen molar-refractivity contribution in [2.45, 2.75) is 81.1 Å². The molecule has 4 nitrogen and oxygen atoms in total. The van der Waals surface area contributed by atoms with Gasteiger partial charge in [-0.05, 0) is 66.5 Å². The number of hydrogen-bond donors (Lipinski definition) is 2. The molecule has 0 saturated carbocycles. The number of nitrogen functional groups attached to an aromatic ring is 1. The van der Waals surface area contributed by atoms with Crippen LogP contribution in [0.1, 0.15) is 81.1 Å². The van der Waals surface area contributed by atoms with E-state index < -0.39 is 0 Å². The molecule has 0 aliphatic carbocycles. The third-order valence-electron chi connectivity index (χ3n) is 5.55. The summed E-state index contributed by atoms with van der Waals surface area (Å²) in [5.74, 6) is 1.92. The number of H-pyrrole nitrogens is 1. The predicted octanol–water partition coefficient (Wildman–Crippen LogP) is 6.88. The van der Waals surface area contributed by atoms with Gasteiger partial charge in [0.25, 0.3) is 0 Å². The van der Waals surface area contributed by atoms with Gasteiger partial charge in [0, 0.05) is 18.8 Å². The molecule has 164 valence electrons. The van der Waals surface area contributed by atoms with Crippen molar-refractivity contribution >= 4 is 22.7 Å². The number of aromatic nitrogens is 2. The fraction of sp³-hybridized carbons (Fsp3) is 0.720. The van der Waals surface area contributed by atoms with Gasteiger partial charge in [-0.2, -0.15) is 0 Å². The van der Waals surface area contributed by atoms with E-state index in [1.165, 1.54) is 31.4 Å². The van der Waals surface area contributed by atoms with Crippen molar-refractivity contribution in [1.82, 2.24) is 9.97 Å². The average molecular weight is 401 g/mol. The lowest BCUT2D eigenvalue weighted by Crippen LogP contribution is -2.29. The van der Waals surface area contributed by atoms with E-state index in [4.69, 9.17) is 5.73 Å². The maximum absolute atomic E-state index is 5.85. The number of hydrogen-bond acceptors (Lipinski definition) is 3. The molecular weight excluding hydrogens is 356 g/mol. The molecule has 0 radical (unpaired) electrons. The zero-order valence-electron chi connectivity index (χ0n) is 20.1. The number of rotatable bonds is 9. The molecule has 0 saturated heterocycles. The molecule has 2 atom stereocenters. The van der Waals surface area contributed by atoms with Gasteiger partial charge in [-0.15, -0.1) is 0 Å². The van der Waals surface area contributed by atoms with Gasteiger partial charge in [0.05, 0.1) is 11.0 Å². The van der Waals surface area contributed by atoms with Crippen LogP contribution in [0.25, 0.3) is 11.0 Å². The Labute approximate surface area is 178 Å². The van der Waals surface area contributed by atoms with Crippen molar-refractivity contribution in [3.05, 3.63) is 18.2 Å². The summed E-state index contributed by atoms with van der Waals surface area (Å²) in [5.41, 5.74) is 9.86. The van der Waals surface area contributed by atoms with Crippen LogP contribution in [0.5, 0.6) is 0 Å². The van der Waals surface area contributed by atoms with Gasteiger partial charge < -0.3 is 15.6 Å². The molecule has 0 spiro atoms. The van der Waals surface area contributed by atoms with Crippen LogP contribution < -0.4 is 10.6 Å². The summed E-state index contributed by atoms with van der Waals surface area (Å²) in [7, 11) is 0. The summed E-state index contributed by atoms with van der Waals surface area (Å²) in [6, 6.07) is 6.49. The lowest BCUT2D eigenvalue weighted by molar-refractivity contribution is 0.291. The highest BCUT2D eigenvalue weighted by atomic mass is 15.1. The molecule has 2 unspecified atom stereocenters. The molecule has 2 rings (SSSR count). The van der Waals surface area contributed by atoms with Crippen LogP contribution in [0.3, 0.4) is 0 Å². The van der Waals surface area contributed by atoms with Gasteiger partial charge >= 0.3 is 0 Å². The van der Waals surface area contributed by atoms with Gasteiger partial charge in [0.2, 0.25) is 0 Å². The highest BCUT2D eigenvalue weighted by Gasteiger charge is 2.19. The van der Waals surface area contributed by atoms with Crippen LogP contribution in [-0.2, 0) is 0 Å². The topological polar surface area (TPSA) is 57.9 Å². The van der Waals surface area contributed by atoms with E-state index in [0.717, 1.165) is 36.0 Å². The maximum Gasteiger partial charge on any atom is 0.198 e. The van der Waals surface area contributed by atoms with Gasteiger partial charge in [0.15, 0.2) is 5.95 Å². The van der Waals surface area contributed by atoms with Gasteiger partial charge in [0.1, 0.15) is 0 Å². The van der Waals surface area contributed by atoms with Crippen molar-refractivity contribution in [2.24, 2.45) is 22.7 Å². The van der Waals surface area contributed by atoms with Crippen LogP contribution in [-0.4, -0.2) is 23.1 Å². The van der Waals surface area contributed by atoms with Crippen LogP contribution in [0.15, 0.2) is 18.2 Å². The molecule has 0 bridgehead atoms. The number of nitrogens with two attached hydrogens (primary N) is 1. The largest absolute Gasteiger partial charge is 0.371 e. The molecule has 29 heavy (non-hydrogen) atoms. The zero-order valence-corrected chi connectivity index (χ0v) is 20.1. The minimum atomic E-state index is 0.387. The summed E-state index contributed by atoms with van der Waals surface area (Å²) >= 11 is 0. The normalized spacial score (nSPS) is 14.9. The number of fused-ring (bicyclic) bond motifs is 1. The van der Waals surface area contributed by atoms with Crippen molar-refractivity contribution in [2.75, 3.05) is 23.7 Å². The first kappa shape index (κ1) is 23.6. The van der Waals surface area contributed by atoms with E-state index in [1.807, 2.05) is 0 Å². The quantitative estimate of drug-likeness (QED) is 0.482. The zero-order chi connectivity index (χ0) is 21.8. The molecule has 2 aromatic rings. The van der Waals surface area contributed by atoms with Crippen molar-refractivity contribution in [3.8, 4) is 0 Å². The van der Waals surface area contributed by atoms with E-state index in [-0.39, 0.29) is 0 Å². The molecule has 0 aliphatic rings. The monoisotopic (exact) mass is 400 g/mol. The number of benzene rings is 1. The minimum Gasteiger partial charge on any atom is -0.371 e. The molecule has 0 fully saturated rings. The Kier molecular flexibility index (Phi) is 7.64. The number of nitrogens with one attached hydrogen (secondary N) is 1. The predicted molar refractivity (Wildman–Crippen MR) is 128 cm³/mol. The molecule has 0 aliphatic heterocycles. The van der Waals surface area contributed by atoms with E-state index in [2.05, 4.69) is 88.5 Å². The highest BCUT2D eigenvalue weighted by Crippen LogP contribution is 2.29. The SMILES string of the molecule is CC(CCN(CCC(C)CC(C)(C)C)c1ccc2nc(N)[nH]c2c1)CC(C)(C)C. The van der Waals surface area contributed by atoms with Crippen molar-refractivity contribution < 1.29 is 0 Å². The summed E-state index contributed by atoms with van der Waals surface area (Å²) in [4.78, 5) is 10.1. The van der Waals surface area contributed by atoms with Gasteiger partial charge in [-0.1, -0.05) is 55.4 Å². The summed E-state index contributed by atoms with van der Waals surface area (Å²) < 4.78 is 0. The third kappa shape index (κ3) is 8.28. The van der Waals surface area contributed by atoms with E-state index in [1.54, 1.807) is 0 Å². The molecule has 0 amide bonds. The second kappa shape index (κ2) is 9.40. The molecule has 3 N–H and O–H groups in total. The van der Waals surface area contributed by atoms with Crippen LogP contribution in [0.2, 0.25) is 0 Å². The molecule has 1 heterocycles. The fourth-order valence-corrected chi connectivity index (χ4v) is 4.63. The Morgan fingerprint density at radius 2 is 1.45 bits per heavy atom. The molecule has 4 heteroatoms. The first-order valence-corrected chi connectivity index (χ1v) is 11.3. The summed E-state index contributed by atoms with van der Waals surface area (Å²) in [5, 5.41) is 0. The Hall–Kier alpha value is -1.71. The second-order valence-electron chi connectivity index (χ2n) is 11.6. The second-order valence-corrected chi connectivity index (χ2v) is 11.6. The first-order chi connectivity index (χ1) is 13.3. The van der Waals surface area contributed by atoms with Crippen molar-refractivity contribution in [3.63, 3.8) is 0 Å². The van der Waals surface area contributed by atoms with E-state index in [0.29, 0.717) is 16.8 Å². The maximum atomic E-state index is 5.85. The Balaban J connectivity index is 2.10. The molecule has 1 aromatic carbocycles. The standard InChI is InChI=1S/C25H44N4/c1-18(16-24(3,4)5)11-13-29(14-12-19(2)17-25(6,7)8)20-9-10-21-22(15-20)28-23(26)27-21/h9-10,15,18-19H,11-14,16-17H2,1-8H3,(H3,26,27,28). The Bertz CT molecular complexity index is 737. The summed E-state index contributed by atoms with van der Waals surface area (Å²) in [6.45, 7) is 21.0. The smallest absolute Gasteiger partial charge is 0.198 e. The van der Waals surface area contributed by atoms with Gasteiger partial charge in [-0.3, -0.25) is 0 Å². The van der Waals surface area contributed by atoms with Crippen LogP contribution in [0, 0.1) is 22.7 Å². The number of anilines is 2. The average Bonchev–Trinajstić information content (AvgIpc) is 2.90. The number of nitrogens with zero attached hydrogens (tertiary/aromatic N) is 2. The number of aromatic amines is 1. The van der Waals surface area contributed by atoms with Crippen LogP contribution >= 0.6 is 0 Å². The Morgan fingerprint density at radius 1 is 0.931 bits per heavy atom. The van der Waals surface area contributed by atoms with E-state index in [9.17, 15) is 0 Å². The number of imidazole rings is 1. The molecular formula is C25H44N4. The lowest BCUT2D eigenvalue weighted by Gasteiger charge is -2.30. The minimum absolute atomic E-state index is 0.387.